The molecule has 2 rings (SSSR count). The summed E-state index contributed by atoms with van der Waals surface area (Å²) in [4.78, 5) is 23.6. The number of aromatic carboxylic acids is 1. The minimum atomic E-state index is -1.18. The Balaban J connectivity index is 2.93. The van der Waals surface area contributed by atoms with Gasteiger partial charge in [-0.25, -0.2) is 4.79 Å². The van der Waals surface area contributed by atoms with Crippen LogP contribution in [-0.2, 0) is 6.54 Å². The van der Waals surface area contributed by atoms with E-state index in [2.05, 4.69) is 15.9 Å². The molecule has 1 N–H and O–H groups in total. The van der Waals surface area contributed by atoms with Gasteiger partial charge in [0.1, 0.15) is 10.4 Å². The number of carboxylic acids is 1. The van der Waals surface area contributed by atoms with Gasteiger partial charge >= 0.3 is 5.97 Å². The third kappa shape index (κ3) is 1.68. The molecule has 0 aromatic carbocycles. The van der Waals surface area contributed by atoms with Crippen molar-refractivity contribution in [3.63, 3.8) is 0 Å². The Morgan fingerprint density at radius 1 is 1.62 bits per heavy atom. The molecule has 0 saturated heterocycles. The Morgan fingerprint density at radius 3 is 2.88 bits per heavy atom. The average Bonchev–Trinajstić information content (AvgIpc) is 2.60. The molecule has 0 aliphatic rings. The summed E-state index contributed by atoms with van der Waals surface area (Å²) in [7, 11) is 0. The standard InChI is InChI=1S/C10H8BrNO3S/c1-2-12-4-6(10(14)15)8(13)5-3-7(11)16-9(5)12/h3-4H,2H2,1H3,(H,14,15). The maximum Gasteiger partial charge on any atom is 0.341 e. The summed E-state index contributed by atoms with van der Waals surface area (Å²) < 4.78 is 2.60. The summed E-state index contributed by atoms with van der Waals surface area (Å²) in [5.74, 6) is -1.18. The number of aromatic nitrogens is 1. The average molecular weight is 302 g/mol. The Labute approximate surface area is 103 Å². The van der Waals surface area contributed by atoms with E-state index in [1.54, 1.807) is 10.6 Å². The number of halogens is 1. The van der Waals surface area contributed by atoms with Gasteiger partial charge in [-0.15, -0.1) is 11.3 Å². The highest BCUT2D eigenvalue weighted by molar-refractivity contribution is 9.11. The summed E-state index contributed by atoms with van der Waals surface area (Å²) >= 11 is 4.73. The van der Waals surface area contributed by atoms with Crippen molar-refractivity contribution < 1.29 is 9.90 Å². The maximum absolute atomic E-state index is 11.8. The van der Waals surface area contributed by atoms with Crippen LogP contribution in [0.5, 0.6) is 0 Å². The summed E-state index contributed by atoms with van der Waals surface area (Å²) in [6.45, 7) is 2.53. The number of thiophene rings is 1. The molecule has 0 amide bonds. The van der Waals surface area contributed by atoms with Crippen molar-refractivity contribution in [1.82, 2.24) is 4.57 Å². The van der Waals surface area contributed by atoms with E-state index in [0.717, 1.165) is 8.62 Å². The predicted molar refractivity (Wildman–Crippen MR) is 66.4 cm³/mol. The van der Waals surface area contributed by atoms with Crippen molar-refractivity contribution in [1.29, 1.82) is 0 Å². The largest absolute Gasteiger partial charge is 0.477 e. The Bertz CT molecular complexity index is 629. The number of aryl methyl sites for hydroxylation is 1. The zero-order valence-electron chi connectivity index (χ0n) is 8.36. The van der Waals surface area contributed by atoms with E-state index in [1.807, 2.05) is 6.92 Å². The molecule has 0 bridgehead atoms. The fourth-order valence-corrected chi connectivity index (χ4v) is 3.14. The lowest BCUT2D eigenvalue weighted by Gasteiger charge is -2.05. The maximum atomic E-state index is 11.8. The number of pyridine rings is 1. The van der Waals surface area contributed by atoms with Crippen molar-refractivity contribution in [2.45, 2.75) is 13.5 Å². The van der Waals surface area contributed by atoms with Crippen LogP contribution in [-0.4, -0.2) is 15.6 Å². The highest BCUT2D eigenvalue weighted by Crippen LogP contribution is 2.28. The van der Waals surface area contributed by atoms with Crippen molar-refractivity contribution in [3.05, 3.63) is 31.8 Å². The van der Waals surface area contributed by atoms with Crippen molar-refractivity contribution in [2.75, 3.05) is 0 Å². The van der Waals surface area contributed by atoms with Gasteiger partial charge in [-0.2, -0.15) is 0 Å². The van der Waals surface area contributed by atoms with Gasteiger partial charge in [0.15, 0.2) is 0 Å². The molecule has 84 valence electrons. The molecule has 0 aliphatic heterocycles. The van der Waals surface area contributed by atoms with E-state index in [0.29, 0.717) is 11.9 Å². The van der Waals surface area contributed by atoms with E-state index < -0.39 is 11.4 Å². The molecule has 0 atom stereocenters. The molecule has 2 heterocycles. The third-order valence-electron chi connectivity index (χ3n) is 2.29. The van der Waals surface area contributed by atoms with E-state index in [9.17, 15) is 9.59 Å². The number of rotatable bonds is 2. The van der Waals surface area contributed by atoms with Gasteiger partial charge in [0.25, 0.3) is 0 Å². The van der Waals surface area contributed by atoms with Crippen LogP contribution in [0, 0.1) is 0 Å². The molecular formula is C10H8BrNO3S. The van der Waals surface area contributed by atoms with Crippen LogP contribution in [0.1, 0.15) is 17.3 Å². The first-order valence-electron chi connectivity index (χ1n) is 4.60. The zero-order chi connectivity index (χ0) is 11.9. The minimum absolute atomic E-state index is 0.181. The molecule has 0 radical (unpaired) electrons. The lowest BCUT2D eigenvalue weighted by molar-refractivity contribution is 0.0695. The van der Waals surface area contributed by atoms with E-state index in [4.69, 9.17) is 5.11 Å². The smallest absolute Gasteiger partial charge is 0.341 e. The van der Waals surface area contributed by atoms with Crippen LogP contribution >= 0.6 is 27.3 Å². The van der Waals surface area contributed by atoms with E-state index >= 15 is 0 Å². The molecule has 2 aromatic heterocycles. The van der Waals surface area contributed by atoms with Gasteiger partial charge in [-0.1, -0.05) is 0 Å². The van der Waals surface area contributed by atoms with Crippen LogP contribution in [0.15, 0.2) is 20.8 Å². The van der Waals surface area contributed by atoms with E-state index in [-0.39, 0.29) is 5.56 Å². The zero-order valence-corrected chi connectivity index (χ0v) is 10.8. The third-order valence-corrected chi connectivity index (χ3v) is 3.96. The first-order valence-corrected chi connectivity index (χ1v) is 6.21. The van der Waals surface area contributed by atoms with Crippen LogP contribution in [0.2, 0.25) is 0 Å². The molecule has 16 heavy (non-hydrogen) atoms. The SMILES string of the molecule is CCn1cc(C(=O)O)c(=O)c2cc(Br)sc21. The number of hydrogen-bond donors (Lipinski definition) is 1. The van der Waals surface area contributed by atoms with Gasteiger partial charge in [0.2, 0.25) is 5.43 Å². The quantitative estimate of drug-likeness (QED) is 0.927. The molecule has 6 heteroatoms. The first kappa shape index (κ1) is 11.3. The lowest BCUT2D eigenvalue weighted by atomic mass is 10.2. The van der Waals surface area contributed by atoms with Crippen LogP contribution in [0.3, 0.4) is 0 Å². The molecule has 0 aliphatic carbocycles. The van der Waals surface area contributed by atoms with Crippen LogP contribution < -0.4 is 5.43 Å². The monoisotopic (exact) mass is 301 g/mol. The van der Waals surface area contributed by atoms with Gasteiger partial charge in [0.05, 0.1) is 9.17 Å². The summed E-state index contributed by atoms with van der Waals surface area (Å²) in [6, 6.07) is 1.67. The molecule has 0 saturated carbocycles. The van der Waals surface area contributed by atoms with Crippen LogP contribution in [0.4, 0.5) is 0 Å². The molecule has 2 aromatic rings. The highest BCUT2D eigenvalue weighted by atomic mass is 79.9. The fraction of sp³-hybridized carbons (Fsp3) is 0.200. The number of carbonyl (C=O) groups is 1. The highest BCUT2D eigenvalue weighted by Gasteiger charge is 2.15. The Morgan fingerprint density at radius 2 is 2.31 bits per heavy atom. The molecule has 0 unspecified atom stereocenters. The van der Waals surface area contributed by atoms with Crippen LogP contribution in [0.25, 0.3) is 10.2 Å². The van der Waals surface area contributed by atoms with Crippen molar-refractivity contribution >= 4 is 43.5 Å². The lowest BCUT2D eigenvalue weighted by Crippen LogP contribution is -2.17. The van der Waals surface area contributed by atoms with Gasteiger partial charge in [-0.3, -0.25) is 4.79 Å². The van der Waals surface area contributed by atoms with Crippen molar-refractivity contribution in [3.8, 4) is 0 Å². The number of fused-ring (bicyclic) bond motifs is 1. The fourth-order valence-electron chi connectivity index (χ4n) is 1.53. The second-order valence-electron chi connectivity index (χ2n) is 3.23. The second kappa shape index (κ2) is 4.03. The van der Waals surface area contributed by atoms with Crippen molar-refractivity contribution in [2.24, 2.45) is 0 Å². The second-order valence-corrected chi connectivity index (χ2v) is 5.64. The predicted octanol–water partition coefficient (Wildman–Crippen LogP) is 2.54. The van der Waals surface area contributed by atoms with Gasteiger partial charge in [-0.05, 0) is 28.9 Å². The normalized spacial score (nSPS) is 10.9. The molecule has 0 spiro atoms. The molecular weight excluding hydrogens is 294 g/mol. The summed E-state index contributed by atoms with van der Waals surface area (Å²) in [5.41, 5.74) is -0.603. The minimum Gasteiger partial charge on any atom is -0.477 e. The van der Waals surface area contributed by atoms with E-state index in [1.165, 1.54) is 17.5 Å². The molecule has 4 nitrogen and oxygen atoms in total. The summed E-state index contributed by atoms with van der Waals surface area (Å²) in [6.07, 6.45) is 1.40. The number of hydrogen-bond acceptors (Lipinski definition) is 3. The number of nitrogens with zero attached hydrogens (tertiary/aromatic N) is 1. The summed E-state index contributed by atoms with van der Waals surface area (Å²) in [5, 5.41) is 9.39. The van der Waals surface area contributed by atoms with Gasteiger partial charge < -0.3 is 9.67 Å². The molecule has 0 fully saturated rings. The Kier molecular flexibility index (Phi) is 2.86. The first-order chi connectivity index (χ1) is 7.54. The Hall–Kier alpha value is -1.14. The van der Waals surface area contributed by atoms with Gasteiger partial charge in [0, 0.05) is 12.7 Å². The topological polar surface area (TPSA) is 59.3 Å². The number of carboxylic acid groups (broad SMARTS) is 1.